The number of aromatic nitrogens is 1. The number of rotatable bonds is 3. The van der Waals surface area contributed by atoms with Gasteiger partial charge in [0.1, 0.15) is 5.52 Å². The van der Waals surface area contributed by atoms with Gasteiger partial charge in [0.25, 0.3) is 5.69 Å². The minimum atomic E-state index is -0.386. The maximum Gasteiger partial charge on any atom is 0.277 e. The summed E-state index contributed by atoms with van der Waals surface area (Å²) >= 11 is 0. The molecule has 5 heteroatoms. The second-order valence-corrected chi connectivity index (χ2v) is 5.31. The van der Waals surface area contributed by atoms with Gasteiger partial charge in [-0.3, -0.25) is 10.1 Å². The first-order valence-corrected chi connectivity index (χ1v) is 7.43. The topological polar surface area (TPSA) is 69.2 Å². The van der Waals surface area contributed by atoms with E-state index in [4.69, 9.17) is 4.42 Å². The van der Waals surface area contributed by atoms with Crippen LogP contribution in [0.2, 0.25) is 0 Å². The molecule has 0 aliphatic heterocycles. The molecular formula is C19H12N2O3. The second-order valence-electron chi connectivity index (χ2n) is 5.31. The van der Waals surface area contributed by atoms with E-state index >= 15 is 0 Å². The lowest BCUT2D eigenvalue weighted by molar-refractivity contribution is -0.384. The van der Waals surface area contributed by atoms with Gasteiger partial charge in [0.2, 0.25) is 5.89 Å². The average molecular weight is 316 g/mol. The van der Waals surface area contributed by atoms with E-state index in [2.05, 4.69) is 4.98 Å². The van der Waals surface area contributed by atoms with Crippen LogP contribution in [0.4, 0.5) is 5.69 Å². The first kappa shape index (κ1) is 14.1. The first-order chi connectivity index (χ1) is 11.7. The highest BCUT2D eigenvalue weighted by Gasteiger charge is 2.19. The third kappa shape index (κ3) is 2.32. The summed E-state index contributed by atoms with van der Waals surface area (Å²) in [6.07, 6.45) is 0. The first-order valence-electron chi connectivity index (χ1n) is 7.43. The molecule has 0 bridgehead atoms. The Morgan fingerprint density at radius 3 is 2.33 bits per heavy atom. The van der Waals surface area contributed by atoms with Crippen molar-refractivity contribution in [3.05, 3.63) is 82.9 Å². The van der Waals surface area contributed by atoms with Gasteiger partial charge in [-0.25, -0.2) is 4.98 Å². The van der Waals surface area contributed by atoms with E-state index in [0.29, 0.717) is 28.1 Å². The Kier molecular flexibility index (Phi) is 3.31. The van der Waals surface area contributed by atoms with Gasteiger partial charge in [-0.1, -0.05) is 42.5 Å². The van der Waals surface area contributed by atoms with Gasteiger partial charge < -0.3 is 4.42 Å². The highest BCUT2D eigenvalue weighted by atomic mass is 16.6. The number of nitrogens with zero attached hydrogens (tertiary/aromatic N) is 2. The Morgan fingerprint density at radius 1 is 0.833 bits per heavy atom. The SMILES string of the molecule is O=[N+]([O-])c1ccccc1-c1cccc2nc(-c3ccccc3)oc12. The fraction of sp³-hybridized carbons (Fsp3) is 0. The summed E-state index contributed by atoms with van der Waals surface area (Å²) in [5, 5.41) is 11.3. The monoisotopic (exact) mass is 316 g/mol. The van der Waals surface area contributed by atoms with Crippen LogP contribution in [-0.2, 0) is 0 Å². The van der Waals surface area contributed by atoms with Gasteiger partial charge in [-0.15, -0.1) is 0 Å². The molecule has 5 nitrogen and oxygen atoms in total. The molecule has 116 valence electrons. The Hall–Kier alpha value is -3.47. The molecule has 3 aromatic carbocycles. The molecule has 0 aliphatic rings. The summed E-state index contributed by atoms with van der Waals surface area (Å²) in [5.41, 5.74) is 3.30. The molecule has 24 heavy (non-hydrogen) atoms. The average Bonchev–Trinajstić information content (AvgIpc) is 3.06. The third-order valence-electron chi connectivity index (χ3n) is 3.83. The van der Waals surface area contributed by atoms with E-state index in [1.54, 1.807) is 18.2 Å². The largest absolute Gasteiger partial charge is 0.435 e. The van der Waals surface area contributed by atoms with E-state index in [1.807, 2.05) is 48.5 Å². The summed E-state index contributed by atoms with van der Waals surface area (Å²) in [6.45, 7) is 0. The zero-order chi connectivity index (χ0) is 16.5. The maximum absolute atomic E-state index is 11.3. The third-order valence-corrected chi connectivity index (χ3v) is 3.83. The molecule has 1 heterocycles. The lowest BCUT2D eigenvalue weighted by Gasteiger charge is -2.03. The summed E-state index contributed by atoms with van der Waals surface area (Å²) in [5.74, 6) is 0.497. The number of nitro groups is 1. The van der Waals surface area contributed by atoms with Crippen LogP contribution < -0.4 is 0 Å². The van der Waals surface area contributed by atoms with Crippen LogP contribution in [0.25, 0.3) is 33.7 Å². The molecule has 4 aromatic rings. The van der Waals surface area contributed by atoms with Crippen molar-refractivity contribution in [2.75, 3.05) is 0 Å². The van der Waals surface area contributed by atoms with E-state index in [1.165, 1.54) is 6.07 Å². The molecule has 0 unspecified atom stereocenters. The predicted octanol–water partition coefficient (Wildman–Crippen LogP) is 5.07. The second kappa shape index (κ2) is 5.62. The lowest BCUT2D eigenvalue weighted by Crippen LogP contribution is -1.91. The molecule has 0 spiro atoms. The van der Waals surface area contributed by atoms with E-state index in [-0.39, 0.29) is 10.6 Å². The number of hydrogen-bond acceptors (Lipinski definition) is 4. The van der Waals surface area contributed by atoms with E-state index < -0.39 is 0 Å². The number of fused-ring (bicyclic) bond motifs is 1. The molecule has 0 atom stereocenters. The summed E-state index contributed by atoms with van der Waals surface area (Å²) in [4.78, 5) is 15.4. The molecule has 0 saturated carbocycles. The standard InChI is InChI=1S/C19H12N2O3/c22-21(23)17-12-5-4-9-14(17)15-10-6-11-16-18(15)24-19(20-16)13-7-2-1-3-8-13/h1-12H. The Bertz CT molecular complexity index is 1040. The number of para-hydroxylation sites is 2. The van der Waals surface area contributed by atoms with Crippen LogP contribution >= 0.6 is 0 Å². The zero-order valence-electron chi connectivity index (χ0n) is 12.5. The molecule has 0 radical (unpaired) electrons. The van der Waals surface area contributed by atoms with Crippen LogP contribution in [0.3, 0.4) is 0 Å². The molecule has 0 aliphatic carbocycles. The molecular weight excluding hydrogens is 304 g/mol. The number of oxazole rings is 1. The van der Waals surface area contributed by atoms with Crippen molar-refractivity contribution < 1.29 is 9.34 Å². The zero-order valence-corrected chi connectivity index (χ0v) is 12.5. The Balaban J connectivity index is 1.95. The van der Waals surface area contributed by atoms with Crippen LogP contribution in [0.5, 0.6) is 0 Å². The summed E-state index contributed by atoms with van der Waals surface area (Å²) in [6, 6.07) is 21.7. The highest BCUT2D eigenvalue weighted by Crippen LogP contribution is 2.36. The van der Waals surface area contributed by atoms with Crippen molar-refractivity contribution in [3.63, 3.8) is 0 Å². The lowest BCUT2D eigenvalue weighted by atomic mass is 10.0. The molecule has 0 saturated heterocycles. The van der Waals surface area contributed by atoms with Crippen molar-refractivity contribution in [1.82, 2.24) is 4.98 Å². The van der Waals surface area contributed by atoms with Gasteiger partial charge in [0.15, 0.2) is 5.58 Å². The van der Waals surface area contributed by atoms with Gasteiger partial charge in [-0.05, 0) is 24.3 Å². The quantitative estimate of drug-likeness (QED) is 0.391. The minimum absolute atomic E-state index is 0.0441. The van der Waals surface area contributed by atoms with Crippen molar-refractivity contribution in [2.45, 2.75) is 0 Å². The Morgan fingerprint density at radius 2 is 1.54 bits per heavy atom. The minimum Gasteiger partial charge on any atom is -0.435 e. The van der Waals surface area contributed by atoms with Crippen molar-refractivity contribution >= 4 is 16.8 Å². The molecule has 0 N–H and O–H groups in total. The van der Waals surface area contributed by atoms with Gasteiger partial charge in [0.05, 0.1) is 10.5 Å². The van der Waals surface area contributed by atoms with Crippen molar-refractivity contribution in [3.8, 4) is 22.6 Å². The van der Waals surface area contributed by atoms with E-state index in [0.717, 1.165) is 5.56 Å². The summed E-state index contributed by atoms with van der Waals surface area (Å²) in [7, 11) is 0. The van der Waals surface area contributed by atoms with Crippen molar-refractivity contribution in [1.29, 1.82) is 0 Å². The molecule has 0 amide bonds. The predicted molar refractivity (Wildman–Crippen MR) is 91.5 cm³/mol. The molecule has 1 aromatic heterocycles. The van der Waals surface area contributed by atoms with Crippen molar-refractivity contribution in [2.24, 2.45) is 0 Å². The smallest absolute Gasteiger partial charge is 0.277 e. The highest BCUT2D eigenvalue weighted by molar-refractivity contribution is 5.94. The normalized spacial score (nSPS) is 10.8. The number of benzene rings is 3. The number of nitro benzene ring substituents is 1. The van der Waals surface area contributed by atoms with Crippen LogP contribution in [0.1, 0.15) is 0 Å². The fourth-order valence-electron chi connectivity index (χ4n) is 2.73. The van der Waals surface area contributed by atoms with E-state index in [9.17, 15) is 10.1 Å². The van der Waals surface area contributed by atoms with Gasteiger partial charge >= 0.3 is 0 Å². The Labute approximate surface area is 137 Å². The fourth-order valence-corrected chi connectivity index (χ4v) is 2.73. The number of hydrogen-bond donors (Lipinski definition) is 0. The van der Waals surface area contributed by atoms with Gasteiger partial charge in [-0.2, -0.15) is 0 Å². The molecule has 4 rings (SSSR count). The van der Waals surface area contributed by atoms with Gasteiger partial charge in [0, 0.05) is 17.2 Å². The van der Waals surface area contributed by atoms with Crippen LogP contribution in [-0.4, -0.2) is 9.91 Å². The van der Waals surface area contributed by atoms with Crippen LogP contribution in [0.15, 0.2) is 77.2 Å². The maximum atomic E-state index is 11.3. The summed E-state index contributed by atoms with van der Waals surface area (Å²) < 4.78 is 5.94. The molecule has 0 fully saturated rings. The van der Waals surface area contributed by atoms with Crippen LogP contribution in [0, 0.1) is 10.1 Å².